The maximum absolute atomic E-state index is 9.74. The first-order valence-electron chi connectivity index (χ1n) is 3.26. The van der Waals surface area contributed by atoms with Crippen molar-refractivity contribution in [2.75, 3.05) is 6.61 Å². The molecule has 5 heteroatoms. The zero-order valence-corrected chi connectivity index (χ0v) is 7.41. The third-order valence-corrected chi connectivity index (χ3v) is 1.79. The summed E-state index contributed by atoms with van der Waals surface area (Å²) in [6.45, 7) is 0.828. The van der Waals surface area contributed by atoms with Crippen molar-refractivity contribution in [1.82, 2.24) is 0 Å². The van der Waals surface area contributed by atoms with Crippen LogP contribution in [0.1, 0.15) is 12.8 Å². The average molecular weight is 222 g/mol. The van der Waals surface area contributed by atoms with Gasteiger partial charge in [-0.05, 0) is 15.9 Å². The molecular formula is C6H8BrNO3. The van der Waals surface area contributed by atoms with Gasteiger partial charge < -0.3 is 9.57 Å². The molecule has 0 aromatic heterocycles. The fourth-order valence-corrected chi connectivity index (χ4v) is 1.24. The average Bonchev–Trinajstić information content (AvgIpc) is 2.37. The molecule has 0 aromatic rings. The van der Waals surface area contributed by atoms with Crippen molar-refractivity contribution in [2.45, 2.75) is 18.9 Å². The third-order valence-electron chi connectivity index (χ3n) is 1.32. The van der Waals surface area contributed by atoms with E-state index in [0.717, 1.165) is 11.0 Å². The van der Waals surface area contributed by atoms with E-state index in [0.29, 0.717) is 19.5 Å². The van der Waals surface area contributed by atoms with Gasteiger partial charge in [0.2, 0.25) is 0 Å². The molecule has 1 unspecified atom stereocenters. The molecular weight excluding hydrogens is 214 g/mol. The zero-order valence-electron chi connectivity index (χ0n) is 5.83. The van der Waals surface area contributed by atoms with E-state index in [1.165, 1.54) is 0 Å². The molecule has 0 saturated carbocycles. The van der Waals surface area contributed by atoms with Crippen LogP contribution in [0.4, 0.5) is 0 Å². The van der Waals surface area contributed by atoms with Crippen LogP contribution in [0.15, 0.2) is 5.16 Å². The SMILES string of the molecule is O=COCCC1CC(Br)=NO1. The first-order valence-corrected chi connectivity index (χ1v) is 4.05. The summed E-state index contributed by atoms with van der Waals surface area (Å²) in [7, 11) is 0. The molecule has 1 atom stereocenters. The van der Waals surface area contributed by atoms with Gasteiger partial charge >= 0.3 is 0 Å². The van der Waals surface area contributed by atoms with E-state index in [-0.39, 0.29) is 6.10 Å². The van der Waals surface area contributed by atoms with Crippen LogP contribution in [0.2, 0.25) is 0 Å². The summed E-state index contributed by atoms with van der Waals surface area (Å²) >= 11 is 3.20. The molecule has 11 heavy (non-hydrogen) atoms. The van der Waals surface area contributed by atoms with Gasteiger partial charge in [-0.1, -0.05) is 5.16 Å². The molecule has 4 nitrogen and oxygen atoms in total. The molecule has 62 valence electrons. The van der Waals surface area contributed by atoms with E-state index < -0.39 is 0 Å². The normalized spacial score (nSPS) is 22.3. The predicted octanol–water partition coefficient (Wildman–Crippen LogP) is 1.05. The van der Waals surface area contributed by atoms with Crippen molar-refractivity contribution in [1.29, 1.82) is 0 Å². The minimum Gasteiger partial charge on any atom is -0.468 e. The van der Waals surface area contributed by atoms with Crippen molar-refractivity contribution >= 4 is 27.0 Å². The van der Waals surface area contributed by atoms with Gasteiger partial charge in [-0.25, -0.2) is 0 Å². The highest BCUT2D eigenvalue weighted by Crippen LogP contribution is 2.16. The zero-order chi connectivity index (χ0) is 8.10. The summed E-state index contributed by atoms with van der Waals surface area (Å²) in [4.78, 5) is 14.7. The molecule has 0 amide bonds. The monoisotopic (exact) mass is 221 g/mol. The molecule has 0 radical (unpaired) electrons. The topological polar surface area (TPSA) is 47.9 Å². The number of hydrogen-bond acceptors (Lipinski definition) is 4. The summed E-state index contributed by atoms with van der Waals surface area (Å²) in [6, 6.07) is 0. The minimum absolute atomic E-state index is 0.0596. The number of rotatable bonds is 4. The van der Waals surface area contributed by atoms with Crippen LogP contribution in [0.5, 0.6) is 0 Å². The van der Waals surface area contributed by atoms with Gasteiger partial charge in [-0.3, -0.25) is 4.79 Å². The van der Waals surface area contributed by atoms with Crippen molar-refractivity contribution in [3.05, 3.63) is 0 Å². The first kappa shape index (κ1) is 8.52. The summed E-state index contributed by atoms with van der Waals surface area (Å²) in [5, 5.41) is 3.69. The second-order valence-corrected chi connectivity index (χ2v) is 3.07. The minimum atomic E-state index is 0.0596. The summed E-state index contributed by atoms with van der Waals surface area (Å²) < 4.78 is 5.32. The number of hydrogen-bond donors (Lipinski definition) is 0. The second kappa shape index (κ2) is 4.33. The maximum Gasteiger partial charge on any atom is 0.293 e. The van der Waals surface area contributed by atoms with E-state index in [4.69, 9.17) is 4.84 Å². The van der Waals surface area contributed by atoms with Crippen LogP contribution in [-0.4, -0.2) is 23.8 Å². The number of nitrogens with zero attached hydrogens (tertiary/aromatic N) is 1. The summed E-state index contributed by atoms with van der Waals surface area (Å²) in [6.07, 6.45) is 1.52. The molecule has 0 N–H and O–H groups in total. The van der Waals surface area contributed by atoms with Crippen molar-refractivity contribution in [3.63, 3.8) is 0 Å². The standard InChI is InChI=1S/C6H8BrNO3/c7-6-3-5(11-8-6)1-2-10-4-9/h4-5H,1-3H2. The number of halogens is 1. The van der Waals surface area contributed by atoms with Crippen LogP contribution < -0.4 is 0 Å². The van der Waals surface area contributed by atoms with Gasteiger partial charge in [0.25, 0.3) is 6.47 Å². The smallest absolute Gasteiger partial charge is 0.293 e. The van der Waals surface area contributed by atoms with E-state index in [2.05, 4.69) is 25.8 Å². The molecule has 1 aliphatic rings. The Morgan fingerprint density at radius 1 is 1.91 bits per heavy atom. The first-order chi connectivity index (χ1) is 5.33. The molecule has 0 fully saturated rings. The Morgan fingerprint density at radius 2 is 2.73 bits per heavy atom. The Hall–Kier alpha value is -0.580. The van der Waals surface area contributed by atoms with Crippen LogP contribution in [-0.2, 0) is 14.4 Å². The van der Waals surface area contributed by atoms with Crippen LogP contribution in [0.3, 0.4) is 0 Å². The van der Waals surface area contributed by atoms with E-state index in [1.54, 1.807) is 0 Å². The Bertz CT molecular complexity index is 171. The second-order valence-electron chi connectivity index (χ2n) is 2.15. The molecule has 1 heterocycles. The number of carbonyl (C=O) groups is 1. The lowest BCUT2D eigenvalue weighted by atomic mass is 10.2. The lowest BCUT2D eigenvalue weighted by molar-refractivity contribution is -0.129. The lowest BCUT2D eigenvalue weighted by Crippen LogP contribution is -2.09. The number of ether oxygens (including phenoxy) is 1. The molecule has 1 rings (SSSR count). The van der Waals surface area contributed by atoms with Crippen molar-refractivity contribution < 1.29 is 14.4 Å². The summed E-state index contributed by atoms with van der Waals surface area (Å²) in [5.74, 6) is 0. The lowest BCUT2D eigenvalue weighted by Gasteiger charge is -2.05. The number of oxime groups is 1. The molecule has 0 spiro atoms. The molecule has 1 aliphatic heterocycles. The van der Waals surface area contributed by atoms with Crippen LogP contribution >= 0.6 is 15.9 Å². The largest absolute Gasteiger partial charge is 0.468 e. The quantitative estimate of drug-likeness (QED) is 0.527. The van der Waals surface area contributed by atoms with Crippen LogP contribution in [0, 0.1) is 0 Å². The predicted molar refractivity (Wildman–Crippen MR) is 42.5 cm³/mol. The highest BCUT2D eigenvalue weighted by atomic mass is 79.9. The van der Waals surface area contributed by atoms with Crippen LogP contribution in [0.25, 0.3) is 0 Å². The van der Waals surface area contributed by atoms with E-state index in [9.17, 15) is 4.79 Å². The fourth-order valence-electron chi connectivity index (χ4n) is 0.796. The summed E-state index contributed by atoms with van der Waals surface area (Å²) in [5.41, 5.74) is 0. The van der Waals surface area contributed by atoms with Crippen molar-refractivity contribution in [3.8, 4) is 0 Å². The highest BCUT2D eigenvalue weighted by Gasteiger charge is 2.18. The van der Waals surface area contributed by atoms with Gasteiger partial charge in [-0.15, -0.1) is 0 Å². The molecule has 0 bridgehead atoms. The number of carbonyl (C=O) groups excluding carboxylic acids is 1. The van der Waals surface area contributed by atoms with Gasteiger partial charge in [-0.2, -0.15) is 0 Å². The van der Waals surface area contributed by atoms with Gasteiger partial charge in [0, 0.05) is 12.8 Å². The Morgan fingerprint density at radius 3 is 3.27 bits per heavy atom. The third kappa shape index (κ3) is 2.88. The molecule has 0 aromatic carbocycles. The molecule has 0 saturated heterocycles. The van der Waals surface area contributed by atoms with Gasteiger partial charge in [0.1, 0.15) is 10.7 Å². The fraction of sp³-hybridized carbons (Fsp3) is 0.667. The molecule has 0 aliphatic carbocycles. The Kier molecular flexibility index (Phi) is 3.35. The van der Waals surface area contributed by atoms with Gasteiger partial charge in [0.15, 0.2) is 0 Å². The maximum atomic E-state index is 9.74. The highest BCUT2D eigenvalue weighted by molar-refractivity contribution is 9.18. The Labute approximate surface area is 72.7 Å². The Balaban J connectivity index is 2.06. The van der Waals surface area contributed by atoms with Crippen molar-refractivity contribution in [2.24, 2.45) is 5.16 Å². The van der Waals surface area contributed by atoms with E-state index in [1.807, 2.05) is 0 Å². The van der Waals surface area contributed by atoms with Gasteiger partial charge in [0.05, 0.1) is 6.61 Å². The van der Waals surface area contributed by atoms with E-state index >= 15 is 0 Å².